The van der Waals surface area contributed by atoms with Gasteiger partial charge < -0.3 is 11.1 Å². The van der Waals surface area contributed by atoms with E-state index >= 15 is 0 Å². The number of thiazole rings is 1. The van der Waals surface area contributed by atoms with Crippen molar-refractivity contribution in [1.82, 2.24) is 4.98 Å². The molecule has 68 valence electrons. The molecule has 0 saturated carbocycles. The van der Waals surface area contributed by atoms with E-state index in [9.17, 15) is 0 Å². The van der Waals surface area contributed by atoms with Crippen LogP contribution in [0.25, 0.3) is 0 Å². The van der Waals surface area contributed by atoms with E-state index in [-0.39, 0.29) is 0 Å². The molecule has 0 aliphatic heterocycles. The molecule has 0 aromatic carbocycles. The molecule has 0 aliphatic carbocycles. The zero-order valence-electron chi connectivity index (χ0n) is 7.34. The topological polar surface area (TPSA) is 50.9 Å². The highest BCUT2D eigenvalue weighted by molar-refractivity contribution is 7.13. The molecule has 0 atom stereocenters. The van der Waals surface area contributed by atoms with Crippen LogP contribution < -0.4 is 11.1 Å². The van der Waals surface area contributed by atoms with Crippen molar-refractivity contribution in [3.05, 3.63) is 11.1 Å². The lowest BCUT2D eigenvalue weighted by molar-refractivity contribution is 0.927. The maximum atomic E-state index is 5.41. The predicted molar refractivity (Wildman–Crippen MR) is 53.7 cm³/mol. The molecule has 1 aromatic heterocycles. The van der Waals surface area contributed by atoms with E-state index in [2.05, 4.69) is 22.6 Å². The lowest BCUT2D eigenvalue weighted by atomic mass is 10.3. The molecule has 0 bridgehead atoms. The van der Waals surface area contributed by atoms with Gasteiger partial charge in [-0.2, -0.15) is 0 Å². The van der Waals surface area contributed by atoms with Gasteiger partial charge in [-0.25, -0.2) is 4.98 Å². The summed E-state index contributed by atoms with van der Waals surface area (Å²) in [6.45, 7) is 3.81. The predicted octanol–water partition coefficient (Wildman–Crippen LogP) is 1.47. The minimum Gasteiger partial charge on any atom is -0.362 e. The highest BCUT2D eigenvalue weighted by Crippen LogP contribution is 2.14. The van der Waals surface area contributed by atoms with Crippen molar-refractivity contribution >= 4 is 16.5 Å². The van der Waals surface area contributed by atoms with Gasteiger partial charge in [0.15, 0.2) is 5.13 Å². The molecular weight excluding hydrogens is 170 g/mol. The number of aromatic nitrogens is 1. The van der Waals surface area contributed by atoms with Crippen LogP contribution in [0.4, 0.5) is 5.13 Å². The molecule has 0 aliphatic rings. The summed E-state index contributed by atoms with van der Waals surface area (Å²) in [7, 11) is 0. The van der Waals surface area contributed by atoms with Crippen LogP contribution in [-0.2, 0) is 6.42 Å². The average molecular weight is 185 g/mol. The lowest BCUT2D eigenvalue weighted by Gasteiger charge is -1.96. The molecule has 1 rings (SSSR count). The van der Waals surface area contributed by atoms with Crippen LogP contribution in [0.3, 0.4) is 0 Å². The van der Waals surface area contributed by atoms with Crippen molar-refractivity contribution in [2.45, 2.75) is 19.8 Å². The molecule has 1 aromatic rings. The maximum Gasteiger partial charge on any atom is 0.182 e. The summed E-state index contributed by atoms with van der Waals surface area (Å²) < 4.78 is 0. The third-order valence-electron chi connectivity index (χ3n) is 1.48. The van der Waals surface area contributed by atoms with Crippen LogP contribution in [0.1, 0.15) is 19.0 Å². The molecule has 1 heterocycles. The molecule has 0 radical (unpaired) electrons. The Balaban J connectivity index is 2.41. The number of hydrogen-bond acceptors (Lipinski definition) is 4. The minimum absolute atomic E-state index is 0.678. The van der Waals surface area contributed by atoms with Crippen molar-refractivity contribution in [1.29, 1.82) is 0 Å². The first-order valence-electron chi connectivity index (χ1n) is 4.25. The van der Waals surface area contributed by atoms with E-state index in [0.29, 0.717) is 6.54 Å². The number of rotatable bonds is 5. The summed E-state index contributed by atoms with van der Waals surface area (Å²) in [5, 5.41) is 6.31. The van der Waals surface area contributed by atoms with Crippen molar-refractivity contribution < 1.29 is 0 Å². The van der Waals surface area contributed by atoms with Crippen LogP contribution >= 0.6 is 11.3 Å². The molecule has 0 unspecified atom stereocenters. The van der Waals surface area contributed by atoms with Gasteiger partial charge in [-0.05, 0) is 13.0 Å². The fourth-order valence-corrected chi connectivity index (χ4v) is 1.66. The van der Waals surface area contributed by atoms with Crippen molar-refractivity contribution in [2.24, 2.45) is 5.73 Å². The number of nitrogens with zero attached hydrogens (tertiary/aromatic N) is 1. The first-order chi connectivity index (χ1) is 5.86. The summed E-state index contributed by atoms with van der Waals surface area (Å²) in [5.41, 5.74) is 6.51. The smallest absolute Gasteiger partial charge is 0.182 e. The van der Waals surface area contributed by atoms with Crippen molar-refractivity contribution in [3.63, 3.8) is 0 Å². The summed E-state index contributed by atoms with van der Waals surface area (Å²) in [6, 6.07) is 0. The first kappa shape index (κ1) is 9.48. The van der Waals surface area contributed by atoms with Gasteiger partial charge in [0.1, 0.15) is 0 Å². The first-order valence-corrected chi connectivity index (χ1v) is 5.13. The summed E-state index contributed by atoms with van der Waals surface area (Å²) >= 11 is 1.65. The highest BCUT2D eigenvalue weighted by atomic mass is 32.1. The maximum absolute atomic E-state index is 5.41. The largest absolute Gasteiger partial charge is 0.362 e. The van der Waals surface area contributed by atoms with E-state index in [1.54, 1.807) is 11.3 Å². The van der Waals surface area contributed by atoms with Gasteiger partial charge in [-0.15, -0.1) is 11.3 Å². The fraction of sp³-hybridized carbons (Fsp3) is 0.625. The Morgan fingerprint density at radius 3 is 3.17 bits per heavy atom. The average Bonchev–Trinajstić information content (AvgIpc) is 2.50. The zero-order valence-corrected chi connectivity index (χ0v) is 8.16. The molecular formula is C8H15N3S. The van der Waals surface area contributed by atoms with E-state index in [1.807, 2.05) is 0 Å². The van der Waals surface area contributed by atoms with Gasteiger partial charge in [-0.3, -0.25) is 0 Å². The molecule has 4 heteroatoms. The quantitative estimate of drug-likeness (QED) is 0.730. The van der Waals surface area contributed by atoms with E-state index in [0.717, 1.165) is 30.2 Å². The van der Waals surface area contributed by atoms with Crippen molar-refractivity contribution in [2.75, 3.05) is 18.4 Å². The Labute approximate surface area is 77.0 Å². The second kappa shape index (κ2) is 5.11. The molecule has 3 N–H and O–H groups in total. The van der Waals surface area contributed by atoms with Crippen molar-refractivity contribution in [3.8, 4) is 0 Å². The molecule has 0 saturated heterocycles. The molecule has 0 fully saturated rings. The second-order valence-electron chi connectivity index (χ2n) is 2.61. The van der Waals surface area contributed by atoms with E-state index in [1.165, 1.54) is 0 Å². The molecule has 12 heavy (non-hydrogen) atoms. The highest BCUT2D eigenvalue weighted by Gasteiger charge is 1.98. The van der Waals surface area contributed by atoms with Crippen LogP contribution in [0.15, 0.2) is 5.38 Å². The third-order valence-corrected chi connectivity index (χ3v) is 2.33. The number of hydrogen-bond donors (Lipinski definition) is 2. The Morgan fingerprint density at radius 1 is 1.67 bits per heavy atom. The third kappa shape index (κ3) is 2.79. The SMILES string of the molecule is CCCNc1nc(CCN)cs1. The number of nitrogens with one attached hydrogen (secondary N) is 1. The molecule has 0 spiro atoms. The number of anilines is 1. The lowest BCUT2D eigenvalue weighted by Crippen LogP contribution is -2.03. The molecule has 0 amide bonds. The van der Waals surface area contributed by atoms with Gasteiger partial charge in [0, 0.05) is 18.3 Å². The Hall–Kier alpha value is -0.610. The standard InChI is InChI=1S/C8H15N3S/c1-2-5-10-8-11-7(3-4-9)6-12-8/h6H,2-5,9H2,1H3,(H,10,11). The molecule has 3 nitrogen and oxygen atoms in total. The van der Waals surface area contributed by atoms with E-state index < -0.39 is 0 Å². The second-order valence-corrected chi connectivity index (χ2v) is 3.47. The van der Waals surface area contributed by atoms with Gasteiger partial charge in [-0.1, -0.05) is 6.92 Å². The van der Waals surface area contributed by atoms with Crippen LogP contribution in [0.5, 0.6) is 0 Å². The zero-order chi connectivity index (χ0) is 8.81. The Bertz CT molecular complexity index is 222. The minimum atomic E-state index is 0.678. The van der Waals surface area contributed by atoms with Crippen LogP contribution in [0, 0.1) is 0 Å². The monoisotopic (exact) mass is 185 g/mol. The van der Waals surface area contributed by atoms with Crippen LogP contribution in [0.2, 0.25) is 0 Å². The summed E-state index contributed by atoms with van der Waals surface area (Å²) in [4.78, 5) is 4.36. The van der Waals surface area contributed by atoms with Gasteiger partial charge >= 0.3 is 0 Å². The normalized spacial score (nSPS) is 10.2. The van der Waals surface area contributed by atoms with E-state index in [4.69, 9.17) is 5.73 Å². The van der Waals surface area contributed by atoms with Gasteiger partial charge in [0.05, 0.1) is 5.69 Å². The number of nitrogens with two attached hydrogens (primary N) is 1. The Morgan fingerprint density at radius 2 is 2.50 bits per heavy atom. The Kier molecular flexibility index (Phi) is 4.04. The van der Waals surface area contributed by atoms with Crippen LogP contribution in [-0.4, -0.2) is 18.1 Å². The van der Waals surface area contributed by atoms with Gasteiger partial charge in [0.2, 0.25) is 0 Å². The fourth-order valence-electron chi connectivity index (χ4n) is 0.883. The van der Waals surface area contributed by atoms with Gasteiger partial charge in [0.25, 0.3) is 0 Å². The summed E-state index contributed by atoms with van der Waals surface area (Å²) in [6.07, 6.45) is 2.01. The summed E-state index contributed by atoms with van der Waals surface area (Å²) in [5.74, 6) is 0.